The fourth-order valence-corrected chi connectivity index (χ4v) is 2.28. The quantitative estimate of drug-likeness (QED) is 0.878. The van der Waals surface area contributed by atoms with Gasteiger partial charge in [0.15, 0.2) is 0 Å². The summed E-state index contributed by atoms with van der Waals surface area (Å²) in [5, 5.41) is 10.4. The fourth-order valence-electron chi connectivity index (χ4n) is 2.28. The highest BCUT2D eigenvalue weighted by Gasteiger charge is 2.16. The lowest BCUT2D eigenvalue weighted by Crippen LogP contribution is -2.01. The van der Waals surface area contributed by atoms with E-state index in [1.807, 2.05) is 31.2 Å². The Morgan fingerprint density at radius 2 is 1.94 bits per heavy atom. The number of benzene rings is 1. The smallest absolute Gasteiger partial charge is 0.106 e. The minimum absolute atomic E-state index is 0.622. The summed E-state index contributed by atoms with van der Waals surface area (Å²) in [5.41, 5.74) is 5.16. The van der Waals surface area contributed by atoms with Crippen molar-refractivity contribution in [1.29, 1.82) is 0 Å². The van der Waals surface area contributed by atoms with E-state index in [1.54, 1.807) is 12.4 Å². The molecule has 0 bridgehead atoms. The first-order chi connectivity index (χ1) is 8.74. The van der Waals surface area contributed by atoms with Gasteiger partial charge in [-0.3, -0.25) is 4.98 Å². The van der Waals surface area contributed by atoms with Crippen LogP contribution in [0.15, 0.2) is 36.7 Å². The molecule has 3 heteroatoms. The van der Waals surface area contributed by atoms with Gasteiger partial charge in [0.05, 0.1) is 13.2 Å². The van der Waals surface area contributed by atoms with Crippen LogP contribution in [0.1, 0.15) is 33.9 Å². The second kappa shape index (κ2) is 4.52. The van der Waals surface area contributed by atoms with Crippen molar-refractivity contribution >= 4 is 0 Å². The predicted molar refractivity (Wildman–Crippen MR) is 68.0 cm³/mol. The Hall–Kier alpha value is -1.71. The normalized spacial score (nSPS) is 15.4. The number of aliphatic hydroxyl groups excluding tert-OH is 1. The average molecular weight is 241 g/mol. The largest absolute Gasteiger partial charge is 0.384 e. The highest BCUT2D eigenvalue weighted by molar-refractivity contribution is 5.37. The SMILES string of the molecule is Cc1cncc(C(O)c2ccc3c(c2)COC3)c1. The zero-order chi connectivity index (χ0) is 12.5. The number of nitrogens with zero attached hydrogens (tertiary/aromatic N) is 1. The molecule has 1 aromatic heterocycles. The van der Waals surface area contributed by atoms with E-state index >= 15 is 0 Å². The van der Waals surface area contributed by atoms with Gasteiger partial charge in [0.25, 0.3) is 0 Å². The van der Waals surface area contributed by atoms with Crippen LogP contribution in [0.5, 0.6) is 0 Å². The van der Waals surface area contributed by atoms with Gasteiger partial charge in [-0.1, -0.05) is 24.3 Å². The van der Waals surface area contributed by atoms with Crippen molar-refractivity contribution in [1.82, 2.24) is 4.98 Å². The molecule has 3 rings (SSSR count). The van der Waals surface area contributed by atoms with Gasteiger partial charge < -0.3 is 9.84 Å². The number of pyridine rings is 1. The summed E-state index contributed by atoms with van der Waals surface area (Å²) in [4.78, 5) is 4.12. The van der Waals surface area contributed by atoms with Crippen molar-refractivity contribution < 1.29 is 9.84 Å². The van der Waals surface area contributed by atoms with Gasteiger partial charge in [0, 0.05) is 18.0 Å². The number of fused-ring (bicyclic) bond motifs is 1. The van der Waals surface area contributed by atoms with Crippen LogP contribution in [0.3, 0.4) is 0 Å². The molecule has 0 amide bonds. The maximum absolute atomic E-state index is 10.4. The lowest BCUT2D eigenvalue weighted by Gasteiger charge is -2.12. The first-order valence-corrected chi connectivity index (χ1v) is 6.03. The zero-order valence-electron chi connectivity index (χ0n) is 10.3. The van der Waals surface area contributed by atoms with Crippen LogP contribution < -0.4 is 0 Å². The maximum Gasteiger partial charge on any atom is 0.106 e. The molecule has 18 heavy (non-hydrogen) atoms. The van der Waals surface area contributed by atoms with Gasteiger partial charge >= 0.3 is 0 Å². The number of aryl methyl sites for hydroxylation is 1. The van der Waals surface area contributed by atoms with Crippen LogP contribution >= 0.6 is 0 Å². The third-order valence-electron chi connectivity index (χ3n) is 3.27. The molecule has 0 radical (unpaired) electrons. The molecule has 2 aromatic rings. The van der Waals surface area contributed by atoms with E-state index < -0.39 is 6.10 Å². The standard InChI is InChI=1S/C15H15NO2/c1-10-4-13(7-16-6-10)15(17)11-2-3-12-8-18-9-14(12)5-11/h2-7,15,17H,8-9H2,1H3. The van der Waals surface area contributed by atoms with E-state index in [4.69, 9.17) is 4.74 Å². The molecule has 0 saturated heterocycles. The summed E-state index contributed by atoms with van der Waals surface area (Å²) in [5.74, 6) is 0. The Balaban J connectivity index is 1.95. The van der Waals surface area contributed by atoms with Crippen molar-refractivity contribution in [3.63, 3.8) is 0 Å². The molecule has 0 saturated carbocycles. The number of aromatic nitrogens is 1. The number of aliphatic hydroxyl groups is 1. The summed E-state index contributed by atoms with van der Waals surface area (Å²) in [6.07, 6.45) is 2.87. The second-order valence-electron chi connectivity index (χ2n) is 4.72. The monoisotopic (exact) mass is 241 g/mol. The van der Waals surface area contributed by atoms with Gasteiger partial charge in [-0.05, 0) is 29.2 Å². The summed E-state index contributed by atoms with van der Waals surface area (Å²) in [6.45, 7) is 3.29. The Morgan fingerprint density at radius 3 is 2.78 bits per heavy atom. The predicted octanol–water partition coefficient (Wildman–Crippen LogP) is 2.50. The van der Waals surface area contributed by atoms with Crippen molar-refractivity contribution in [3.05, 3.63) is 64.5 Å². The van der Waals surface area contributed by atoms with Crippen LogP contribution in [-0.4, -0.2) is 10.1 Å². The third kappa shape index (κ3) is 2.03. The molecule has 2 heterocycles. The van der Waals surface area contributed by atoms with E-state index in [0.29, 0.717) is 13.2 Å². The topological polar surface area (TPSA) is 42.4 Å². The van der Waals surface area contributed by atoms with Crippen molar-refractivity contribution in [2.75, 3.05) is 0 Å². The Morgan fingerprint density at radius 1 is 1.11 bits per heavy atom. The van der Waals surface area contributed by atoms with Crippen LogP contribution in [-0.2, 0) is 18.0 Å². The molecule has 0 aliphatic carbocycles. The van der Waals surface area contributed by atoms with E-state index in [0.717, 1.165) is 16.7 Å². The highest BCUT2D eigenvalue weighted by Crippen LogP contribution is 2.27. The molecule has 1 aliphatic heterocycles. The third-order valence-corrected chi connectivity index (χ3v) is 3.27. The first kappa shape index (κ1) is 11.4. The molecule has 0 spiro atoms. The number of ether oxygens (including phenoxy) is 1. The van der Waals surface area contributed by atoms with Gasteiger partial charge in [-0.25, -0.2) is 0 Å². The molecule has 3 nitrogen and oxygen atoms in total. The number of hydrogen-bond donors (Lipinski definition) is 1. The molecule has 92 valence electrons. The van der Waals surface area contributed by atoms with Gasteiger partial charge in [0.2, 0.25) is 0 Å². The summed E-state index contributed by atoms with van der Waals surface area (Å²) in [6, 6.07) is 7.97. The lowest BCUT2D eigenvalue weighted by atomic mass is 9.98. The summed E-state index contributed by atoms with van der Waals surface area (Å²) >= 11 is 0. The fraction of sp³-hybridized carbons (Fsp3) is 0.267. The van der Waals surface area contributed by atoms with Gasteiger partial charge in [0.1, 0.15) is 6.10 Å². The lowest BCUT2D eigenvalue weighted by molar-refractivity contribution is 0.134. The molecule has 1 N–H and O–H groups in total. The van der Waals surface area contributed by atoms with Crippen LogP contribution in [0.25, 0.3) is 0 Å². The Bertz CT molecular complexity index is 580. The number of rotatable bonds is 2. The Labute approximate surface area is 106 Å². The molecule has 1 atom stereocenters. The van der Waals surface area contributed by atoms with Crippen molar-refractivity contribution in [2.24, 2.45) is 0 Å². The summed E-state index contributed by atoms with van der Waals surface area (Å²) in [7, 11) is 0. The minimum atomic E-state index is -0.622. The van der Waals surface area contributed by atoms with Crippen molar-refractivity contribution in [2.45, 2.75) is 26.2 Å². The molecule has 1 unspecified atom stereocenters. The van der Waals surface area contributed by atoms with Gasteiger partial charge in [-0.2, -0.15) is 0 Å². The second-order valence-corrected chi connectivity index (χ2v) is 4.72. The van der Waals surface area contributed by atoms with Crippen LogP contribution in [0.2, 0.25) is 0 Å². The van der Waals surface area contributed by atoms with Crippen LogP contribution in [0.4, 0.5) is 0 Å². The van der Waals surface area contributed by atoms with E-state index in [1.165, 1.54) is 11.1 Å². The van der Waals surface area contributed by atoms with E-state index in [2.05, 4.69) is 4.98 Å². The Kier molecular flexibility index (Phi) is 2.86. The molecule has 1 aliphatic rings. The van der Waals surface area contributed by atoms with E-state index in [9.17, 15) is 5.11 Å². The first-order valence-electron chi connectivity index (χ1n) is 6.03. The highest BCUT2D eigenvalue weighted by atomic mass is 16.5. The molecule has 0 fully saturated rings. The molecule has 1 aromatic carbocycles. The summed E-state index contributed by atoms with van der Waals surface area (Å²) < 4.78 is 5.38. The molecular formula is C15H15NO2. The zero-order valence-corrected chi connectivity index (χ0v) is 10.3. The number of hydrogen-bond acceptors (Lipinski definition) is 3. The minimum Gasteiger partial charge on any atom is -0.384 e. The van der Waals surface area contributed by atoms with Crippen molar-refractivity contribution in [3.8, 4) is 0 Å². The van der Waals surface area contributed by atoms with Crippen LogP contribution in [0, 0.1) is 6.92 Å². The average Bonchev–Trinajstić information content (AvgIpc) is 2.85. The van der Waals surface area contributed by atoms with E-state index in [-0.39, 0.29) is 0 Å². The molecular weight excluding hydrogens is 226 g/mol. The maximum atomic E-state index is 10.4. The van der Waals surface area contributed by atoms with Gasteiger partial charge in [-0.15, -0.1) is 0 Å².